The second-order valence-electron chi connectivity index (χ2n) is 5.65. The molecule has 0 aliphatic heterocycles. The number of ether oxygens (including phenoxy) is 1. The molecule has 20 heavy (non-hydrogen) atoms. The second kappa shape index (κ2) is 5.60. The zero-order chi connectivity index (χ0) is 14.1. The maximum absolute atomic E-state index is 6.03. The van der Waals surface area contributed by atoms with Crippen molar-refractivity contribution in [3.8, 4) is 5.75 Å². The average molecular weight is 335 g/mol. The van der Waals surface area contributed by atoms with Gasteiger partial charge in [0.15, 0.2) is 0 Å². The van der Waals surface area contributed by atoms with Gasteiger partial charge in [-0.1, -0.05) is 29.8 Å². The van der Waals surface area contributed by atoms with Crippen molar-refractivity contribution in [2.45, 2.75) is 45.3 Å². The summed E-state index contributed by atoms with van der Waals surface area (Å²) in [6.45, 7) is 4.95. The molecule has 3 nitrogen and oxygen atoms in total. The van der Waals surface area contributed by atoms with Gasteiger partial charge >= 0.3 is 0 Å². The lowest BCUT2D eigenvalue weighted by atomic mass is 10.0. The Morgan fingerprint density at radius 3 is 2.90 bits per heavy atom. The molecule has 0 atom stereocenters. The van der Waals surface area contributed by atoms with Crippen molar-refractivity contribution in [3.05, 3.63) is 46.5 Å². The van der Waals surface area contributed by atoms with Crippen molar-refractivity contribution in [1.29, 1.82) is 0 Å². The van der Waals surface area contributed by atoms with Gasteiger partial charge in [-0.15, -0.1) is 0 Å². The van der Waals surface area contributed by atoms with E-state index in [0.717, 1.165) is 15.9 Å². The zero-order valence-electron chi connectivity index (χ0n) is 11.8. The molecule has 0 saturated heterocycles. The Kier molecular flexibility index (Phi) is 3.83. The molecule has 2 aromatic rings. The summed E-state index contributed by atoms with van der Waals surface area (Å²) < 4.78 is 9.37. The van der Waals surface area contributed by atoms with Gasteiger partial charge in [0, 0.05) is 10.5 Å². The SMILES string of the molecule is CC(C)c1cc(Br)ccc1OCc1cncn1C1CC1. The van der Waals surface area contributed by atoms with E-state index in [-0.39, 0.29) is 0 Å². The van der Waals surface area contributed by atoms with Crippen molar-refractivity contribution >= 4 is 15.9 Å². The van der Waals surface area contributed by atoms with Crippen LogP contribution in [0.4, 0.5) is 0 Å². The van der Waals surface area contributed by atoms with E-state index in [4.69, 9.17) is 4.74 Å². The van der Waals surface area contributed by atoms with E-state index >= 15 is 0 Å². The van der Waals surface area contributed by atoms with Crippen molar-refractivity contribution < 1.29 is 4.74 Å². The Balaban J connectivity index is 1.76. The van der Waals surface area contributed by atoms with Crippen molar-refractivity contribution in [2.75, 3.05) is 0 Å². The van der Waals surface area contributed by atoms with Gasteiger partial charge < -0.3 is 9.30 Å². The van der Waals surface area contributed by atoms with Crippen LogP contribution in [0.15, 0.2) is 35.2 Å². The highest BCUT2D eigenvalue weighted by molar-refractivity contribution is 9.10. The van der Waals surface area contributed by atoms with Crippen LogP contribution in [0.25, 0.3) is 0 Å². The zero-order valence-corrected chi connectivity index (χ0v) is 13.4. The van der Waals surface area contributed by atoms with Crippen LogP contribution in [0.2, 0.25) is 0 Å². The van der Waals surface area contributed by atoms with Gasteiger partial charge in [-0.05, 0) is 42.5 Å². The predicted octanol–water partition coefficient (Wildman–Crippen LogP) is 4.68. The molecule has 0 N–H and O–H groups in total. The Hall–Kier alpha value is -1.29. The topological polar surface area (TPSA) is 27.1 Å². The molecule has 1 heterocycles. The van der Waals surface area contributed by atoms with E-state index < -0.39 is 0 Å². The Labute approximate surface area is 128 Å². The number of aromatic nitrogens is 2. The van der Waals surface area contributed by atoms with Gasteiger partial charge in [0.2, 0.25) is 0 Å². The molecule has 0 bridgehead atoms. The number of hydrogen-bond donors (Lipinski definition) is 0. The molecule has 1 fully saturated rings. The number of nitrogens with zero attached hydrogens (tertiary/aromatic N) is 2. The summed E-state index contributed by atoms with van der Waals surface area (Å²) >= 11 is 3.52. The van der Waals surface area contributed by atoms with Crippen LogP contribution in [0, 0.1) is 0 Å². The van der Waals surface area contributed by atoms with Gasteiger partial charge in [-0.2, -0.15) is 0 Å². The third kappa shape index (κ3) is 2.90. The second-order valence-corrected chi connectivity index (χ2v) is 6.56. The summed E-state index contributed by atoms with van der Waals surface area (Å²) in [6.07, 6.45) is 6.35. The van der Waals surface area contributed by atoms with Crippen molar-refractivity contribution in [3.63, 3.8) is 0 Å². The lowest BCUT2D eigenvalue weighted by Crippen LogP contribution is -2.05. The van der Waals surface area contributed by atoms with E-state index in [2.05, 4.69) is 45.4 Å². The van der Waals surface area contributed by atoms with Gasteiger partial charge in [-0.3, -0.25) is 0 Å². The Morgan fingerprint density at radius 2 is 2.20 bits per heavy atom. The number of imidazole rings is 1. The van der Waals surface area contributed by atoms with E-state index in [1.54, 1.807) is 0 Å². The lowest BCUT2D eigenvalue weighted by molar-refractivity contribution is 0.290. The Morgan fingerprint density at radius 1 is 1.40 bits per heavy atom. The number of halogens is 1. The standard InChI is InChI=1S/C16H19BrN2O/c1-11(2)15-7-12(17)3-6-16(15)20-9-14-8-18-10-19(14)13-4-5-13/h3,6-8,10-11,13H,4-5,9H2,1-2H3. The molecule has 1 aliphatic carbocycles. The summed E-state index contributed by atoms with van der Waals surface area (Å²) in [6, 6.07) is 6.85. The molecular formula is C16H19BrN2O. The van der Waals surface area contributed by atoms with Crippen LogP contribution in [-0.2, 0) is 6.61 Å². The average Bonchev–Trinajstić information content (AvgIpc) is 3.16. The van der Waals surface area contributed by atoms with Crippen LogP contribution in [-0.4, -0.2) is 9.55 Å². The first kappa shape index (κ1) is 13.7. The fourth-order valence-electron chi connectivity index (χ4n) is 2.38. The monoisotopic (exact) mass is 334 g/mol. The third-order valence-electron chi connectivity index (χ3n) is 3.66. The lowest BCUT2D eigenvalue weighted by Gasteiger charge is -2.15. The minimum absolute atomic E-state index is 0.441. The van der Waals surface area contributed by atoms with Crippen LogP contribution in [0.3, 0.4) is 0 Å². The maximum atomic E-state index is 6.03. The van der Waals surface area contributed by atoms with Crippen LogP contribution in [0.1, 0.15) is 49.9 Å². The van der Waals surface area contributed by atoms with Crippen molar-refractivity contribution in [1.82, 2.24) is 9.55 Å². The molecule has 1 aliphatic rings. The van der Waals surface area contributed by atoms with Gasteiger partial charge in [-0.25, -0.2) is 4.98 Å². The fraction of sp³-hybridized carbons (Fsp3) is 0.438. The summed E-state index contributed by atoms with van der Waals surface area (Å²) in [5, 5.41) is 0. The van der Waals surface area contributed by atoms with E-state index in [1.807, 2.05) is 24.7 Å². The normalized spacial score (nSPS) is 14.8. The maximum Gasteiger partial charge on any atom is 0.130 e. The molecule has 0 unspecified atom stereocenters. The molecule has 3 rings (SSSR count). The van der Waals surface area contributed by atoms with Gasteiger partial charge in [0.25, 0.3) is 0 Å². The highest BCUT2D eigenvalue weighted by atomic mass is 79.9. The molecule has 0 amide bonds. The highest BCUT2D eigenvalue weighted by Crippen LogP contribution is 2.36. The van der Waals surface area contributed by atoms with Crippen LogP contribution >= 0.6 is 15.9 Å². The number of hydrogen-bond acceptors (Lipinski definition) is 2. The summed E-state index contributed by atoms with van der Waals surface area (Å²) in [5.74, 6) is 1.41. The minimum atomic E-state index is 0.441. The molecule has 0 radical (unpaired) electrons. The first-order valence-corrected chi connectivity index (χ1v) is 7.87. The molecule has 1 aromatic heterocycles. The van der Waals surface area contributed by atoms with Crippen LogP contribution in [0.5, 0.6) is 5.75 Å². The van der Waals surface area contributed by atoms with Gasteiger partial charge in [0.1, 0.15) is 12.4 Å². The van der Waals surface area contributed by atoms with Crippen molar-refractivity contribution in [2.24, 2.45) is 0 Å². The fourth-order valence-corrected chi connectivity index (χ4v) is 2.76. The van der Waals surface area contributed by atoms with E-state index in [1.165, 1.54) is 18.4 Å². The quantitative estimate of drug-likeness (QED) is 0.793. The molecule has 1 aromatic carbocycles. The highest BCUT2D eigenvalue weighted by Gasteiger charge is 2.25. The smallest absolute Gasteiger partial charge is 0.130 e. The third-order valence-corrected chi connectivity index (χ3v) is 4.15. The number of benzene rings is 1. The molecule has 1 saturated carbocycles. The Bertz CT molecular complexity index is 602. The summed E-state index contributed by atoms with van der Waals surface area (Å²) in [5.41, 5.74) is 2.39. The predicted molar refractivity (Wildman–Crippen MR) is 83.1 cm³/mol. The molecule has 106 valence electrons. The molecule has 0 spiro atoms. The molecule has 4 heteroatoms. The van der Waals surface area contributed by atoms with Crippen LogP contribution < -0.4 is 4.74 Å². The first-order chi connectivity index (χ1) is 9.65. The minimum Gasteiger partial charge on any atom is -0.487 e. The van der Waals surface area contributed by atoms with E-state index in [0.29, 0.717) is 18.6 Å². The largest absolute Gasteiger partial charge is 0.487 e. The summed E-state index contributed by atoms with van der Waals surface area (Å²) in [7, 11) is 0. The first-order valence-electron chi connectivity index (χ1n) is 7.08. The summed E-state index contributed by atoms with van der Waals surface area (Å²) in [4.78, 5) is 4.24. The van der Waals surface area contributed by atoms with Gasteiger partial charge in [0.05, 0.1) is 18.2 Å². The molecular weight excluding hydrogens is 316 g/mol. The number of rotatable bonds is 5. The van der Waals surface area contributed by atoms with E-state index in [9.17, 15) is 0 Å².